The van der Waals surface area contributed by atoms with Crippen molar-refractivity contribution in [2.75, 3.05) is 0 Å². The minimum absolute atomic E-state index is 0.445. The summed E-state index contributed by atoms with van der Waals surface area (Å²) in [5.41, 5.74) is 1.32. The molecule has 0 bridgehead atoms. The fraction of sp³-hybridized carbons (Fsp3) is 0.750. The lowest BCUT2D eigenvalue weighted by Crippen LogP contribution is -2.10. The van der Waals surface area contributed by atoms with Crippen LogP contribution in [0.4, 0.5) is 0 Å². The molecule has 0 aliphatic heterocycles. The molecule has 1 aromatic heterocycles. The fourth-order valence-electron chi connectivity index (χ4n) is 1.77. The van der Waals surface area contributed by atoms with Crippen molar-refractivity contribution >= 4 is 0 Å². The van der Waals surface area contributed by atoms with Gasteiger partial charge in [-0.15, -0.1) is 5.10 Å². The first kappa shape index (κ1) is 12.7. The first-order valence-corrected chi connectivity index (χ1v) is 5.99. The summed E-state index contributed by atoms with van der Waals surface area (Å²) < 4.78 is 1.84. The van der Waals surface area contributed by atoms with Crippen LogP contribution in [-0.2, 0) is 6.54 Å². The SMILES string of the molecule is CCCCCC(C)Cn1nnc(C#N)c1C. The molecule has 1 heterocycles. The molecule has 0 saturated heterocycles. The van der Waals surface area contributed by atoms with E-state index in [0.717, 1.165) is 12.2 Å². The van der Waals surface area contributed by atoms with Crippen molar-refractivity contribution in [1.82, 2.24) is 15.0 Å². The molecule has 1 atom stereocenters. The van der Waals surface area contributed by atoms with Gasteiger partial charge in [0.1, 0.15) is 6.07 Å². The summed E-state index contributed by atoms with van der Waals surface area (Å²) in [6.45, 7) is 7.20. The number of hydrogen-bond acceptors (Lipinski definition) is 3. The predicted octanol–water partition coefficient (Wildman–Crippen LogP) is 2.67. The first-order valence-electron chi connectivity index (χ1n) is 5.99. The molecule has 0 aliphatic rings. The van der Waals surface area contributed by atoms with Gasteiger partial charge in [0.05, 0.1) is 5.69 Å². The lowest BCUT2D eigenvalue weighted by atomic mass is 10.0. The number of aromatic nitrogens is 3. The fourth-order valence-corrected chi connectivity index (χ4v) is 1.77. The molecule has 0 amide bonds. The number of nitrogens with zero attached hydrogens (tertiary/aromatic N) is 4. The Morgan fingerprint density at radius 3 is 2.75 bits per heavy atom. The smallest absolute Gasteiger partial charge is 0.185 e. The lowest BCUT2D eigenvalue weighted by Gasteiger charge is -2.11. The van der Waals surface area contributed by atoms with Crippen molar-refractivity contribution in [3.63, 3.8) is 0 Å². The van der Waals surface area contributed by atoms with E-state index in [2.05, 4.69) is 24.2 Å². The standard InChI is InChI=1S/C12H20N4/c1-4-5-6-7-10(2)9-16-11(3)12(8-13)14-15-16/h10H,4-7,9H2,1-3H3. The molecule has 0 N–H and O–H groups in total. The first-order chi connectivity index (χ1) is 7.69. The van der Waals surface area contributed by atoms with Crippen molar-refractivity contribution in [3.05, 3.63) is 11.4 Å². The molecule has 4 nitrogen and oxygen atoms in total. The molecule has 0 aromatic carbocycles. The Hall–Kier alpha value is -1.37. The normalized spacial score (nSPS) is 12.4. The molecule has 0 radical (unpaired) electrons. The maximum absolute atomic E-state index is 8.77. The Morgan fingerprint density at radius 2 is 2.19 bits per heavy atom. The van der Waals surface area contributed by atoms with Crippen molar-refractivity contribution in [2.24, 2.45) is 5.92 Å². The van der Waals surface area contributed by atoms with Crippen LogP contribution in [0.15, 0.2) is 0 Å². The molecule has 1 rings (SSSR count). The highest BCUT2D eigenvalue weighted by Gasteiger charge is 2.10. The van der Waals surface area contributed by atoms with E-state index in [4.69, 9.17) is 5.26 Å². The Bertz CT molecular complexity index is 362. The van der Waals surface area contributed by atoms with Gasteiger partial charge in [-0.05, 0) is 19.3 Å². The summed E-state index contributed by atoms with van der Waals surface area (Å²) >= 11 is 0. The molecular weight excluding hydrogens is 200 g/mol. The molecule has 16 heavy (non-hydrogen) atoms. The summed E-state index contributed by atoms with van der Waals surface area (Å²) in [5, 5.41) is 16.6. The van der Waals surface area contributed by atoms with Crippen LogP contribution in [0.25, 0.3) is 0 Å². The van der Waals surface area contributed by atoms with E-state index in [1.54, 1.807) is 0 Å². The summed E-state index contributed by atoms with van der Waals surface area (Å²) in [5.74, 6) is 0.596. The quantitative estimate of drug-likeness (QED) is 0.692. The summed E-state index contributed by atoms with van der Waals surface area (Å²) in [6, 6.07) is 2.05. The van der Waals surface area contributed by atoms with Crippen molar-refractivity contribution < 1.29 is 0 Å². The third kappa shape index (κ3) is 3.34. The molecule has 4 heteroatoms. The highest BCUT2D eigenvalue weighted by Crippen LogP contribution is 2.13. The van der Waals surface area contributed by atoms with Gasteiger partial charge in [0.2, 0.25) is 0 Å². The molecule has 1 unspecified atom stereocenters. The van der Waals surface area contributed by atoms with Gasteiger partial charge >= 0.3 is 0 Å². The molecule has 0 fully saturated rings. The Kier molecular flexibility index (Phi) is 4.97. The topological polar surface area (TPSA) is 54.5 Å². The van der Waals surface area contributed by atoms with E-state index >= 15 is 0 Å². The second kappa shape index (κ2) is 6.26. The van der Waals surface area contributed by atoms with Crippen LogP contribution in [-0.4, -0.2) is 15.0 Å². The molecule has 1 aromatic rings. The minimum atomic E-state index is 0.445. The molecule has 88 valence electrons. The van der Waals surface area contributed by atoms with Gasteiger partial charge in [-0.3, -0.25) is 0 Å². The summed E-state index contributed by atoms with van der Waals surface area (Å²) in [6.07, 6.45) is 5.04. The Labute approximate surface area is 97.3 Å². The molecule has 0 spiro atoms. The van der Waals surface area contributed by atoms with E-state index in [1.807, 2.05) is 17.7 Å². The van der Waals surface area contributed by atoms with E-state index in [-0.39, 0.29) is 0 Å². The molecule has 0 saturated carbocycles. The third-order valence-electron chi connectivity index (χ3n) is 2.87. The van der Waals surface area contributed by atoms with Gasteiger partial charge in [0.25, 0.3) is 0 Å². The number of nitriles is 1. The maximum Gasteiger partial charge on any atom is 0.185 e. The Morgan fingerprint density at radius 1 is 1.44 bits per heavy atom. The van der Waals surface area contributed by atoms with Gasteiger partial charge in [-0.2, -0.15) is 5.26 Å². The summed E-state index contributed by atoms with van der Waals surface area (Å²) in [7, 11) is 0. The van der Waals surface area contributed by atoms with Crippen molar-refractivity contribution in [3.8, 4) is 6.07 Å². The van der Waals surface area contributed by atoms with Crippen LogP contribution in [0, 0.1) is 24.2 Å². The third-order valence-corrected chi connectivity index (χ3v) is 2.87. The van der Waals surface area contributed by atoms with Crippen LogP contribution in [0.1, 0.15) is 50.9 Å². The van der Waals surface area contributed by atoms with E-state index in [0.29, 0.717) is 11.6 Å². The zero-order valence-corrected chi connectivity index (χ0v) is 10.4. The minimum Gasteiger partial charge on any atom is -0.248 e. The van der Waals surface area contributed by atoms with Crippen LogP contribution in [0.5, 0.6) is 0 Å². The van der Waals surface area contributed by atoms with Crippen molar-refractivity contribution in [2.45, 2.75) is 53.0 Å². The van der Waals surface area contributed by atoms with Gasteiger partial charge in [-0.25, -0.2) is 4.68 Å². The summed E-state index contributed by atoms with van der Waals surface area (Å²) in [4.78, 5) is 0. The van der Waals surface area contributed by atoms with E-state index < -0.39 is 0 Å². The van der Waals surface area contributed by atoms with Crippen LogP contribution in [0.2, 0.25) is 0 Å². The number of rotatable bonds is 6. The largest absolute Gasteiger partial charge is 0.248 e. The van der Waals surface area contributed by atoms with Crippen LogP contribution >= 0.6 is 0 Å². The highest BCUT2D eigenvalue weighted by molar-refractivity contribution is 5.22. The van der Waals surface area contributed by atoms with E-state index in [1.165, 1.54) is 25.7 Å². The number of unbranched alkanes of at least 4 members (excludes halogenated alkanes) is 2. The Balaban J connectivity index is 2.47. The zero-order valence-electron chi connectivity index (χ0n) is 10.4. The van der Waals surface area contributed by atoms with Crippen LogP contribution in [0.3, 0.4) is 0 Å². The van der Waals surface area contributed by atoms with Gasteiger partial charge < -0.3 is 0 Å². The predicted molar refractivity (Wildman–Crippen MR) is 62.8 cm³/mol. The zero-order chi connectivity index (χ0) is 12.0. The molecule has 0 aliphatic carbocycles. The average Bonchev–Trinajstić information content (AvgIpc) is 2.60. The second-order valence-electron chi connectivity index (χ2n) is 4.42. The maximum atomic E-state index is 8.77. The monoisotopic (exact) mass is 220 g/mol. The van der Waals surface area contributed by atoms with Crippen molar-refractivity contribution in [1.29, 1.82) is 5.26 Å². The average molecular weight is 220 g/mol. The highest BCUT2D eigenvalue weighted by atomic mass is 15.4. The lowest BCUT2D eigenvalue weighted by molar-refractivity contribution is 0.397. The van der Waals surface area contributed by atoms with Gasteiger partial charge in [0.15, 0.2) is 5.69 Å². The van der Waals surface area contributed by atoms with Gasteiger partial charge in [-0.1, -0.05) is 38.3 Å². The van der Waals surface area contributed by atoms with E-state index in [9.17, 15) is 0 Å². The number of hydrogen-bond donors (Lipinski definition) is 0. The molecular formula is C12H20N4. The van der Waals surface area contributed by atoms with Gasteiger partial charge in [0, 0.05) is 6.54 Å². The van der Waals surface area contributed by atoms with Crippen LogP contribution < -0.4 is 0 Å². The second-order valence-corrected chi connectivity index (χ2v) is 4.42.